The Morgan fingerprint density at radius 1 is 1.21 bits per heavy atom. The van der Waals surface area contributed by atoms with E-state index >= 15 is 0 Å². The van der Waals surface area contributed by atoms with Gasteiger partial charge in [0.2, 0.25) is 6.79 Å². The van der Waals surface area contributed by atoms with E-state index in [1.54, 1.807) is 12.1 Å². The zero-order valence-corrected chi connectivity index (χ0v) is 10.8. The van der Waals surface area contributed by atoms with Crippen molar-refractivity contribution < 1.29 is 14.2 Å². The predicted molar refractivity (Wildman–Crippen MR) is 72.8 cm³/mol. The normalized spacial score (nSPS) is 12.5. The summed E-state index contributed by atoms with van der Waals surface area (Å²) in [6.45, 7) is 0.565. The van der Waals surface area contributed by atoms with Crippen LogP contribution < -0.4 is 19.9 Å². The van der Waals surface area contributed by atoms with Gasteiger partial charge in [-0.3, -0.25) is 0 Å². The molecule has 2 N–H and O–H groups in total. The van der Waals surface area contributed by atoms with Crippen LogP contribution >= 0.6 is 11.6 Å². The molecule has 2 aromatic rings. The molecule has 0 spiro atoms. The first kappa shape index (κ1) is 12.0. The van der Waals surface area contributed by atoms with Gasteiger partial charge < -0.3 is 19.9 Å². The highest BCUT2D eigenvalue weighted by Gasteiger charge is 2.18. The Bertz CT molecular complexity index is 616. The van der Waals surface area contributed by atoms with Crippen molar-refractivity contribution in [2.75, 3.05) is 12.5 Å². The molecule has 1 heterocycles. The van der Waals surface area contributed by atoms with Crippen LogP contribution in [0, 0.1) is 0 Å². The van der Waals surface area contributed by atoms with E-state index in [1.807, 2.05) is 24.3 Å². The van der Waals surface area contributed by atoms with E-state index in [4.69, 9.17) is 31.5 Å². The Hall–Kier alpha value is -2.07. The summed E-state index contributed by atoms with van der Waals surface area (Å²) >= 11 is 6.10. The highest BCUT2D eigenvalue weighted by atomic mass is 35.5. The van der Waals surface area contributed by atoms with Crippen molar-refractivity contribution in [1.29, 1.82) is 0 Å². The average Bonchev–Trinajstić information content (AvgIpc) is 2.87. The van der Waals surface area contributed by atoms with E-state index in [9.17, 15) is 0 Å². The third kappa shape index (κ3) is 2.39. The highest BCUT2D eigenvalue weighted by Crippen LogP contribution is 2.40. The van der Waals surface area contributed by atoms with Crippen molar-refractivity contribution in [3.8, 4) is 17.2 Å². The van der Waals surface area contributed by atoms with Crippen molar-refractivity contribution in [2.24, 2.45) is 0 Å². The van der Waals surface area contributed by atoms with Gasteiger partial charge in [-0.1, -0.05) is 23.7 Å². The Morgan fingerprint density at radius 3 is 2.89 bits per heavy atom. The summed E-state index contributed by atoms with van der Waals surface area (Å²) in [7, 11) is 0. The zero-order chi connectivity index (χ0) is 13.2. The monoisotopic (exact) mass is 277 g/mol. The number of para-hydroxylation sites is 2. The second-order valence-electron chi connectivity index (χ2n) is 4.14. The van der Waals surface area contributed by atoms with Gasteiger partial charge in [-0.15, -0.1) is 0 Å². The fourth-order valence-corrected chi connectivity index (χ4v) is 2.16. The maximum atomic E-state index is 6.10. The zero-order valence-electron chi connectivity index (χ0n) is 10.1. The number of fused-ring (bicyclic) bond motifs is 1. The van der Waals surface area contributed by atoms with Gasteiger partial charge in [0.15, 0.2) is 11.5 Å². The third-order valence-electron chi connectivity index (χ3n) is 2.80. The van der Waals surface area contributed by atoms with Gasteiger partial charge in [0.1, 0.15) is 12.4 Å². The molecule has 0 aromatic heterocycles. The van der Waals surface area contributed by atoms with Gasteiger partial charge in [0.05, 0.1) is 10.7 Å². The summed E-state index contributed by atoms with van der Waals surface area (Å²) in [5.74, 6) is 1.88. The van der Waals surface area contributed by atoms with Crippen molar-refractivity contribution in [1.82, 2.24) is 0 Å². The fraction of sp³-hybridized carbons (Fsp3) is 0.143. The van der Waals surface area contributed by atoms with Crippen LogP contribution in [0.15, 0.2) is 36.4 Å². The van der Waals surface area contributed by atoms with Crippen LogP contribution in [0.3, 0.4) is 0 Å². The molecule has 1 aliphatic heterocycles. The summed E-state index contributed by atoms with van der Waals surface area (Å²) in [5.41, 5.74) is 7.32. The Morgan fingerprint density at radius 2 is 2.05 bits per heavy atom. The van der Waals surface area contributed by atoms with E-state index in [1.165, 1.54) is 0 Å². The minimum Gasteiger partial charge on any atom is -0.487 e. The third-order valence-corrected chi connectivity index (χ3v) is 3.08. The first-order chi connectivity index (χ1) is 9.24. The molecule has 0 atom stereocenters. The lowest BCUT2D eigenvalue weighted by molar-refractivity contribution is 0.174. The number of ether oxygens (including phenoxy) is 3. The van der Waals surface area contributed by atoms with E-state index in [0.717, 1.165) is 5.56 Å². The lowest BCUT2D eigenvalue weighted by Gasteiger charge is -2.09. The van der Waals surface area contributed by atoms with E-state index in [0.29, 0.717) is 34.6 Å². The number of benzene rings is 2. The molecule has 4 nitrogen and oxygen atoms in total. The summed E-state index contributed by atoms with van der Waals surface area (Å²) in [6, 6.07) is 11.0. The quantitative estimate of drug-likeness (QED) is 0.875. The van der Waals surface area contributed by atoms with E-state index < -0.39 is 0 Å². The van der Waals surface area contributed by atoms with Crippen LogP contribution in [0.5, 0.6) is 17.2 Å². The summed E-state index contributed by atoms with van der Waals surface area (Å²) in [5, 5.41) is 0.523. The predicted octanol–water partition coefficient (Wildman–Crippen LogP) is 3.23. The standard InChI is InChI=1S/C14H12ClNO3/c15-10-5-9(6-13-14(10)19-8-18-13)7-17-12-4-2-1-3-11(12)16/h1-6H,7-8,16H2. The van der Waals surface area contributed by atoms with E-state index in [-0.39, 0.29) is 6.79 Å². The number of nitrogen functional groups attached to an aromatic ring is 1. The fourth-order valence-electron chi connectivity index (χ4n) is 1.88. The Balaban J connectivity index is 1.78. The molecule has 1 aliphatic rings. The molecule has 0 saturated carbocycles. The van der Waals surface area contributed by atoms with Crippen molar-refractivity contribution >= 4 is 17.3 Å². The van der Waals surface area contributed by atoms with Crippen LogP contribution in [-0.2, 0) is 6.61 Å². The van der Waals surface area contributed by atoms with E-state index in [2.05, 4.69) is 0 Å². The maximum absolute atomic E-state index is 6.10. The molecule has 0 fully saturated rings. The Kier molecular flexibility index (Phi) is 3.09. The van der Waals surface area contributed by atoms with Crippen molar-refractivity contribution in [3.63, 3.8) is 0 Å². The van der Waals surface area contributed by atoms with Crippen LogP contribution in [0.25, 0.3) is 0 Å². The van der Waals surface area contributed by atoms with Gasteiger partial charge in [0.25, 0.3) is 0 Å². The molecule has 0 unspecified atom stereocenters. The van der Waals surface area contributed by atoms with Crippen LogP contribution in [0.2, 0.25) is 5.02 Å². The molecule has 0 amide bonds. The molecule has 3 rings (SSSR count). The topological polar surface area (TPSA) is 53.7 Å². The summed E-state index contributed by atoms with van der Waals surface area (Å²) in [6.07, 6.45) is 0. The number of halogens is 1. The van der Waals surface area contributed by atoms with Crippen molar-refractivity contribution in [3.05, 3.63) is 47.0 Å². The number of hydrogen-bond acceptors (Lipinski definition) is 4. The molecule has 2 aromatic carbocycles. The molecule has 5 heteroatoms. The van der Waals surface area contributed by atoms with Crippen molar-refractivity contribution in [2.45, 2.75) is 6.61 Å². The van der Waals surface area contributed by atoms with Crippen LogP contribution in [0.1, 0.15) is 5.56 Å². The second-order valence-corrected chi connectivity index (χ2v) is 4.55. The molecule has 0 saturated heterocycles. The molecule has 0 aliphatic carbocycles. The average molecular weight is 278 g/mol. The van der Waals surface area contributed by atoms with Gasteiger partial charge in [-0.2, -0.15) is 0 Å². The van der Waals surface area contributed by atoms with Crippen LogP contribution in [-0.4, -0.2) is 6.79 Å². The molecule has 0 bridgehead atoms. The number of anilines is 1. The highest BCUT2D eigenvalue weighted by molar-refractivity contribution is 6.32. The number of rotatable bonds is 3. The molecule has 19 heavy (non-hydrogen) atoms. The van der Waals surface area contributed by atoms with Crippen LogP contribution in [0.4, 0.5) is 5.69 Å². The van der Waals surface area contributed by atoms with Gasteiger partial charge in [0, 0.05) is 0 Å². The molecular formula is C14H12ClNO3. The number of hydrogen-bond donors (Lipinski definition) is 1. The molecule has 0 radical (unpaired) electrons. The second kappa shape index (κ2) is 4.90. The first-order valence-corrected chi connectivity index (χ1v) is 6.17. The largest absolute Gasteiger partial charge is 0.487 e. The summed E-state index contributed by atoms with van der Waals surface area (Å²) < 4.78 is 16.2. The van der Waals surface area contributed by atoms with Gasteiger partial charge >= 0.3 is 0 Å². The SMILES string of the molecule is Nc1ccccc1OCc1cc(Cl)c2c(c1)OCO2. The van der Waals surface area contributed by atoms with Gasteiger partial charge in [-0.05, 0) is 29.8 Å². The Labute approximate surface area is 115 Å². The molecule has 98 valence electrons. The van der Waals surface area contributed by atoms with Gasteiger partial charge in [-0.25, -0.2) is 0 Å². The smallest absolute Gasteiger partial charge is 0.231 e. The maximum Gasteiger partial charge on any atom is 0.231 e. The summed E-state index contributed by atoms with van der Waals surface area (Å²) in [4.78, 5) is 0. The lowest BCUT2D eigenvalue weighted by Crippen LogP contribution is -1.98. The minimum atomic E-state index is 0.199. The first-order valence-electron chi connectivity index (χ1n) is 5.79. The number of nitrogens with two attached hydrogens (primary N) is 1. The minimum absolute atomic E-state index is 0.199. The molecular weight excluding hydrogens is 266 g/mol. The lowest BCUT2D eigenvalue weighted by atomic mass is 10.2.